The van der Waals surface area contributed by atoms with Crippen LogP contribution in [0.4, 0.5) is 0 Å². The molecule has 6 heteroatoms. The highest BCUT2D eigenvalue weighted by Gasteiger charge is 2.29. The Bertz CT molecular complexity index is 693. The van der Waals surface area contributed by atoms with Crippen molar-refractivity contribution in [2.45, 2.75) is 17.4 Å². The first-order valence-corrected chi connectivity index (χ1v) is 9.39. The molecule has 120 valence electrons. The first kappa shape index (κ1) is 16.3. The number of nitrogens with zero attached hydrogens (tertiary/aromatic N) is 2. The molecule has 0 N–H and O–H groups in total. The number of pyridine rings is 1. The first-order valence-electron chi connectivity index (χ1n) is 7.38. The second-order valence-electron chi connectivity index (χ2n) is 5.29. The zero-order chi connectivity index (χ0) is 16.2. The van der Waals surface area contributed by atoms with E-state index in [1.54, 1.807) is 18.0 Å². The molecule has 1 aliphatic heterocycles. The topological polar surface area (TPSA) is 42.4 Å². The van der Waals surface area contributed by atoms with Gasteiger partial charge < -0.3 is 9.64 Å². The van der Waals surface area contributed by atoms with Gasteiger partial charge in [0.05, 0.1) is 12.1 Å². The average molecular weight is 393 g/mol. The van der Waals surface area contributed by atoms with Crippen molar-refractivity contribution in [3.05, 3.63) is 52.6 Å². The Morgan fingerprint density at radius 2 is 2.17 bits per heavy atom. The normalized spacial score (nSPS) is 17.3. The summed E-state index contributed by atoms with van der Waals surface area (Å²) in [6, 6.07) is 11.5. The summed E-state index contributed by atoms with van der Waals surface area (Å²) in [7, 11) is 0. The summed E-state index contributed by atoms with van der Waals surface area (Å²) in [5, 5.41) is 0. The number of amides is 1. The lowest BCUT2D eigenvalue weighted by molar-refractivity contribution is 0.0768. The van der Waals surface area contributed by atoms with Crippen molar-refractivity contribution in [3.8, 4) is 5.88 Å². The van der Waals surface area contributed by atoms with Gasteiger partial charge in [0.1, 0.15) is 6.10 Å². The van der Waals surface area contributed by atoms with Crippen LogP contribution in [0.25, 0.3) is 0 Å². The Morgan fingerprint density at radius 1 is 1.35 bits per heavy atom. The molecule has 1 aromatic heterocycles. The Morgan fingerprint density at radius 3 is 2.91 bits per heavy atom. The minimum absolute atomic E-state index is 0.00549. The van der Waals surface area contributed by atoms with Gasteiger partial charge >= 0.3 is 0 Å². The fraction of sp³-hybridized carbons (Fsp3) is 0.294. The third-order valence-electron chi connectivity index (χ3n) is 3.76. The summed E-state index contributed by atoms with van der Waals surface area (Å²) in [4.78, 5) is 19.8. The van der Waals surface area contributed by atoms with Gasteiger partial charge in [-0.15, -0.1) is 11.8 Å². The van der Waals surface area contributed by atoms with Crippen molar-refractivity contribution in [1.82, 2.24) is 9.88 Å². The summed E-state index contributed by atoms with van der Waals surface area (Å²) in [5.41, 5.74) is 0.766. The van der Waals surface area contributed by atoms with E-state index in [1.165, 1.54) is 0 Å². The van der Waals surface area contributed by atoms with Gasteiger partial charge in [0.25, 0.3) is 5.91 Å². The predicted molar refractivity (Wildman–Crippen MR) is 95.1 cm³/mol. The van der Waals surface area contributed by atoms with Crippen molar-refractivity contribution in [2.24, 2.45) is 0 Å². The average Bonchev–Trinajstić information content (AvgIpc) is 3.05. The number of carbonyl (C=O) groups excluding carboxylic acids is 1. The van der Waals surface area contributed by atoms with Crippen molar-refractivity contribution < 1.29 is 9.53 Å². The van der Waals surface area contributed by atoms with Crippen LogP contribution in [0.15, 0.2) is 52.0 Å². The van der Waals surface area contributed by atoms with Gasteiger partial charge in [-0.2, -0.15) is 0 Å². The van der Waals surface area contributed by atoms with E-state index in [0.717, 1.165) is 21.4 Å². The number of ether oxygens (including phenoxy) is 1. The van der Waals surface area contributed by atoms with E-state index in [1.807, 2.05) is 47.6 Å². The second-order valence-corrected chi connectivity index (χ2v) is 7.06. The molecule has 1 amide bonds. The SMILES string of the molecule is CSc1ccccc1C(=O)N1CCC(Oc2ccc(Br)cn2)C1. The minimum atomic E-state index is -0.00549. The maximum absolute atomic E-state index is 12.7. The molecule has 0 radical (unpaired) electrons. The quantitative estimate of drug-likeness (QED) is 0.740. The summed E-state index contributed by atoms with van der Waals surface area (Å²) in [5.74, 6) is 0.668. The Hall–Kier alpha value is -1.53. The van der Waals surface area contributed by atoms with Gasteiger partial charge in [0.2, 0.25) is 5.88 Å². The van der Waals surface area contributed by atoms with E-state index < -0.39 is 0 Å². The first-order chi connectivity index (χ1) is 11.2. The molecule has 0 spiro atoms. The largest absolute Gasteiger partial charge is 0.472 e. The van der Waals surface area contributed by atoms with Gasteiger partial charge in [-0.1, -0.05) is 12.1 Å². The van der Waals surface area contributed by atoms with E-state index >= 15 is 0 Å². The van der Waals surface area contributed by atoms with Gasteiger partial charge in [-0.05, 0) is 40.4 Å². The molecular weight excluding hydrogens is 376 g/mol. The van der Waals surface area contributed by atoms with Gasteiger partial charge in [-0.3, -0.25) is 4.79 Å². The van der Waals surface area contributed by atoms with Crippen molar-refractivity contribution in [2.75, 3.05) is 19.3 Å². The number of halogens is 1. The van der Waals surface area contributed by atoms with E-state index in [9.17, 15) is 4.79 Å². The number of hydrogen-bond donors (Lipinski definition) is 0. The van der Waals surface area contributed by atoms with Crippen molar-refractivity contribution in [1.29, 1.82) is 0 Å². The third-order valence-corrected chi connectivity index (χ3v) is 5.02. The minimum Gasteiger partial charge on any atom is -0.472 e. The van der Waals surface area contributed by atoms with Crippen LogP contribution in [0.3, 0.4) is 0 Å². The van der Waals surface area contributed by atoms with Crippen LogP contribution in [0.2, 0.25) is 0 Å². The van der Waals surface area contributed by atoms with Crippen LogP contribution < -0.4 is 4.74 Å². The summed E-state index contributed by atoms with van der Waals surface area (Å²) < 4.78 is 6.79. The summed E-state index contributed by atoms with van der Waals surface area (Å²) in [6.07, 6.45) is 4.52. The molecule has 3 rings (SSSR count). The van der Waals surface area contributed by atoms with E-state index in [2.05, 4.69) is 20.9 Å². The van der Waals surface area contributed by atoms with Gasteiger partial charge in [-0.25, -0.2) is 4.98 Å². The highest BCUT2D eigenvalue weighted by molar-refractivity contribution is 9.10. The molecule has 1 aliphatic rings. The van der Waals surface area contributed by atoms with E-state index in [-0.39, 0.29) is 12.0 Å². The molecule has 2 heterocycles. The monoisotopic (exact) mass is 392 g/mol. The van der Waals surface area contributed by atoms with E-state index in [4.69, 9.17) is 4.74 Å². The van der Waals surface area contributed by atoms with Crippen LogP contribution in [-0.2, 0) is 0 Å². The summed E-state index contributed by atoms with van der Waals surface area (Å²) >= 11 is 4.95. The molecule has 23 heavy (non-hydrogen) atoms. The number of hydrogen-bond acceptors (Lipinski definition) is 4. The molecular formula is C17H17BrN2O2S. The number of likely N-dealkylation sites (tertiary alicyclic amines) is 1. The second kappa shape index (κ2) is 7.36. The molecule has 0 aliphatic carbocycles. The highest BCUT2D eigenvalue weighted by Crippen LogP contribution is 2.24. The lowest BCUT2D eigenvalue weighted by atomic mass is 10.2. The molecule has 0 bridgehead atoms. The fourth-order valence-corrected chi connectivity index (χ4v) is 3.43. The molecule has 1 fully saturated rings. The Kier molecular flexibility index (Phi) is 5.23. The number of benzene rings is 1. The van der Waals surface area contributed by atoms with Gasteiger partial charge in [0, 0.05) is 34.6 Å². The molecule has 1 saturated heterocycles. The number of carbonyl (C=O) groups is 1. The van der Waals surface area contributed by atoms with Crippen LogP contribution >= 0.6 is 27.7 Å². The molecule has 1 atom stereocenters. The molecule has 1 unspecified atom stereocenters. The van der Waals surface area contributed by atoms with Crippen LogP contribution in [0, 0.1) is 0 Å². The van der Waals surface area contributed by atoms with Crippen molar-refractivity contribution >= 4 is 33.6 Å². The lowest BCUT2D eigenvalue weighted by Gasteiger charge is -2.18. The van der Waals surface area contributed by atoms with Crippen LogP contribution in [-0.4, -0.2) is 41.2 Å². The zero-order valence-corrected chi connectivity index (χ0v) is 15.1. The number of thioether (sulfide) groups is 1. The molecule has 2 aromatic rings. The summed E-state index contributed by atoms with van der Waals surface area (Å²) in [6.45, 7) is 1.31. The van der Waals surface area contributed by atoms with Crippen molar-refractivity contribution in [3.63, 3.8) is 0 Å². The number of rotatable bonds is 4. The Balaban J connectivity index is 1.65. The third kappa shape index (κ3) is 3.87. The van der Waals surface area contributed by atoms with Gasteiger partial charge in [0.15, 0.2) is 0 Å². The number of aromatic nitrogens is 1. The molecule has 0 saturated carbocycles. The van der Waals surface area contributed by atoms with E-state index in [0.29, 0.717) is 19.0 Å². The zero-order valence-electron chi connectivity index (χ0n) is 12.7. The molecule has 1 aromatic carbocycles. The maximum atomic E-state index is 12.7. The van der Waals surface area contributed by atoms with Crippen LogP contribution in [0.1, 0.15) is 16.8 Å². The van der Waals surface area contributed by atoms with Crippen LogP contribution in [0.5, 0.6) is 5.88 Å². The highest BCUT2D eigenvalue weighted by atomic mass is 79.9. The standard InChI is InChI=1S/C17H17BrN2O2S/c1-23-15-5-3-2-4-14(15)17(21)20-9-8-13(11-20)22-16-7-6-12(18)10-19-16/h2-7,10,13H,8-9,11H2,1H3. The lowest BCUT2D eigenvalue weighted by Crippen LogP contribution is -2.31. The Labute approximate surface area is 148 Å². The molecule has 4 nitrogen and oxygen atoms in total. The smallest absolute Gasteiger partial charge is 0.255 e. The predicted octanol–water partition coefficient (Wildman–Crippen LogP) is 3.86. The fourth-order valence-electron chi connectivity index (χ4n) is 2.60. The maximum Gasteiger partial charge on any atom is 0.255 e.